The number of hydrogen-bond donors (Lipinski definition) is 1. The van der Waals surface area contributed by atoms with Crippen molar-refractivity contribution >= 4 is 40.0 Å². The Hall–Kier alpha value is -2.10. The van der Waals surface area contributed by atoms with Crippen LogP contribution in [-0.4, -0.2) is 66.6 Å². The van der Waals surface area contributed by atoms with Crippen LogP contribution in [0.15, 0.2) is 24.3 Å². The summed E-state index contributed by atoms with van der Waals surface area (Å²) in [5.41, 5.74) is 1.82. The summed E-state index contributed by atoms with van der Waals surface area (Å²) in [4.78, 5) is 31.6. The molecule has 0 bridgehead atoms. The minimum atomic E-state index is -0.158. The number of carbonyl (C=O) groups is 2. The maximum Gasteiger partial charge on any atom is 0.236 e. The fourth-order valence-electron chi connectivity index (χ4n) is 2.76. The zero-order valence-electron chi connectivity index (χ0n) is 15.9. The number of ether oxygens (including phenoxy) is 2. The minimum Gasteiger partial charge on any atom is -0.497 e. The molecule has 28 heavy (non-hydrogen) atoms. The fourth-order valence-corrected chi connectivity index (χ4v) is 4.33. The van der Waals surface area contributed by atoms with Crippen molar-refractivity contribution in [3.05, 3.63) is 29.1 Å². The molecule has 0 unspecified atom stereocenters. The first kappa shape index (κ1) is 20.6. The van der Waals surface area contributed by atoms with E-state index in [0.29, 0.717) is 37.2 Å². The minimum absolute atomic E-state index is 0.0491. The number of carbonyl (C=O) groups excluding carboxylic acids is 2. The molecule has 1 aromatic heterocycles. The van der Waals surface area contributed by atoms with Crippen LogP contribution in [0.5, 0.6) is 5.75 Å². The second-order valence-electron chi connectivity index (χ2n) is 6.19. The first-order valence-corrected chi connectivity index (χ1v) is 10.9. The van der Waals surface area contributed by atoms with E-state index >= 15 is 0 Å². The first-order valence-electron chi connectivity index (χ1n) is 8.92. The van der Waals surface area contributed by atoms with E-state index in [-0.39, 0.29) is 17.6 Å². The number of amides is 2. The summed E-state index contributed by atoms with van der Waals surface area (Å²) in [6.07, 6.45) is 0. The average Bonchev–Trinajstić information content (AvgIpc) is 3.08. The maximum atomic E-state index is 12.2. The molecule has 3 rings (SSSR count). The first-order chi connectivity index (χ1) is 13.6. The standard InChI is InChI=1S/C19H23N3O4S2/c1-13-18(14-3-5-15(25-2)6-4-14)21-19(28-13)20-16(23)11-27-12-17(24)22-7-9-26-10-8-22/h3-6H,7-12H2,1-2H3,(H,20,21,23). The van der Waals surface area contributed by atoms with E-state index < -0.39 is 0 Å². The molecule has 0 spiro atoms. The van der Waals surface area contributed by atoms with E-state index in [9.17, 15) is 9.59 Å². The molecule has 1 saturated heterocycles. The lowest BCUT2D eigenvalue weighted by molar-refractivity contribution is -0.132. The van der Waals surface area contributed by atoms with Gasteiger partial charge >= 0.3 is 0 Å². The molecule has 2 amide bonds. The predicted octanol–water partition coefficient (Wildman–Crippen LogP) is 2.66. The quantitative estimate of drug-likeness (QED) is 0.740. The molecule has 1 aromatic carbocycles. The van der Waals surface area contributed by atoms with Crippen LogP contribution in [0.25, 0.3) is 11.3 Å². The van der Waals surface area contributed by atoms with Crippen molar-refractivity contribution < 1.29 is 19.1 Å². The van der Waals surface area contributed by atoms with Gasteiger partial charge < -0.3 is 19.7 Å². The van der Waals surface area contributed by atoms with Crippen molar-refractivity contribution in [2.75, 3.05) is 50.2 Å². The third-order valence-corrected chi connectivity index (χ3v) is 6.03. The SMILES string of the molecule is COc1ccc(-c2nc(NC(=O)CSCC(=O)N3CCOCC3)sc2C)cc1. The van der Waals surface area contributed by atoms with Gasteiger partial charge in [-0.2, -0.15) is 0 Å². The molecule has 150 valence electrons. The number of benzene rings is 1. The van der Waals surface area contributed by atoms with E-state index in [1.54, 1.807) is 12.0 Å². The largest absolute Gasteiger partial charge is 0.497 e. The maximum absolute atomic E-state index is 12.2. The predicted molar refractivity (Wildman–Crippen MR) is 112 cm³/mol. The van der Waals surface area contributed by atoms with Crippen LogP contribution in [0.2, 0.25) is 0 Å². The van der Waals surface area contributed by atoms with Gasteiger partial charge in [-0.3, -0.25) is 9.59 Å². The summed E-state index contributed by atoms with van der Waals surface area (Å²) in [6, 6.07) is 7.65. The molecule has 2 heterocycles. The highest BCUT2D eigenvalue weighted by Gasteiger charge is 2.17. The van der Waals surface area contributed by atoms with Crippen molar-refractivity contribution in [1.82, 2.24) is 9.88 Å². The third kappa shape index (κ3) is 5.46. The van der Waals surface area contributed by atoms with Gasteiger partial charge in [-0.05, 0) is 31.2 Å². The summed E-state index contributed by atoms with van der Waals surface area (Å²) in [5, 5.41) is 3.39. The Labute approximate surface area is 172 Å². The molecule has 1 aliphatic heterocycles. The number of thioether (sulfide) groups is 1. The second kappa shape index (κ2) is 9.90. The molecule has 1 fully saturated rings. The summed E-state index contributed by atoms with van der Waals surface area (Å²) in [6.45, 7) is 4.38. The number of aryl methyl sites for hydroxylation is 1. The number of thiazole rings is 1. The van der Waals surface area contributed by atoms with Crippen LogP contribution in [0.4, 0.5) is 5.13 Å². The van der Waals surface area contributed by atoms with Crippen LogP contribution >= 0.6 is 23.1 Å². The zero-order valence-corrected chi connectivity index (χ0v) is 17.5. The summed E-state index contributed by atoms with van der Waals surface area (Å²) in [7, 11) is 1.63. The Balaban J connectivity index is 1.49. The average molecular weight is 422 g/mol. The van der Waals surface area contributed by atoms with Crippen LogP contribution in [0, 0.1) is 6.92 Å². The topological polar surface area (TPSA) is 80.8 Å². The Bertz CT molecular complexity index is 817. The van der Waals surface area contributed by atoms with Crippen molar-refractivity contribution in [2.45, 2.75) is 6.92 Å². The molecule has 0 atom stereocenters. The lowest BCUT2D eigenvalue weighted by atomic mass is 10.1. The van der Waals surface area contributed by atoms with Crippen molar-refractivity contribution in [3.8, 4) is 17.0 Å². The van der Waals surface area contributed by atoms with Gasteiger partial charge in [0.05, 0.1) is 37.5 Å². The highest BCUT2D eigenvalue weighted by atomic mass is 32.2. The van der Waals surface area contributed by atoms with Gasteiger partial charge in [0.2, 0.25) is 11.8 Å². The van der Waals surface area contributed by atoms with Gasteiger partial charge in [-0.15, -0.1) is 23.1 Å². The molecular formula is C19H23N3O4S2. The van der Waals surface area contributed by atoms with Gasteiger partial charge in [-0.25, -0.2) is 4.98 Å². The number of nitrogens with one attached hydrogen (secondary N) is 1. The highest BCUT2D eigenvalue weighted by molar-refractivity contribution is 8.00. The van der Waals surface area contributed by atoms with E-state index in [1.165, 1.54) is 23.1 Å². The van der Waals surface area contributed by atoms with Crippen molar-refractivity contribution in [2.24, 2.45) is 0 Å². The smallest absolute Gasteiger partial charge is 0.236 e. The van der Waals surface area contributed by atoms with Gasteiger partial charge in [0.15, 0.2) is 5.13 Å². The molecular weight excluding hydrogens is 398 g/mol. The Kier molecular flexibility index (Phi) is 7.30. The second-order valence-corrected chi connectivity index (χ2v) is 8.38. The van der Waals surface area contributed by atoms with Gasteiger partial charge in [0.25, 0.3) is 0 Å². The van der Waals surface area contributed by atoms with Crippen LogP contribution in [0.3, 0.4) is 0 Å². The molecule has 1 aliphatic rings. The van der Waals surface area contributed by atoms with Crippen LogP contribution < -0.4 is 10.1 Å². The van der Waals surface area contributed by atoms with Gasteiger partial charge in [0, 0.05) is 23.5 Å². The number of aromatic nitrogens is 1. The lowest BCUT2D eigenvalue weighted by Gasteiger charge is -2.26. The van der Waals surface area contributed by atoms with Gasteiger partial charge in [0.1, 0.15) is 5.75 Å². The molecule has 0 radical (unpaired) electrons. The number of morpholine rings is 1. The third-order valence-electron chi connectivity index (χ3n) is 4.23. The van der Waals surface area contributed by atoms with E-state index in [0.717, 1.165) is 21.9 Å². The molecule has 1 N–H and O–H groups in total. The molecule has 7 nitrogen and oxygen atoms in total. The summed E-state index contributed by atoms with van der Waals surface area (Å²) < 4.78 is 10.4. The number of hydrogen-bond acceptors (Lipinski definition) is 7. The summed E-state index contributed by atoms with van der Waals surface area (Å²) in [5.74, 6) is 1.19. The number of nitrogens with zero attached hydrogens (tertiary/aromatic N) is 2. The lowest BCUT2D eigenvalue weighted by Crippen LogP contribution is -2.41. The van der Waals surface area contributed by atoms with E-state index in [2.05, 4.69) is 10.3 Å². The molecule has 0 saturated carbocycles. The van der Waals surface area contributed by atoms with E-state index in [4.69, 9.17) is 9.47 Å². The Morgan fingerprint density at radius 1 is 1.25 bits per heavy atom. The Morgan fingerprint density at radius 3 is 2.64 bits per heavy atom. The Morgan fingerprint density at radius 2 is 1.96 bits per heavy atom. The van der Waals surface area contributed by atoms with Crippen molar-refractivity contribution in [1.29, 1.82) is 0 Å². The molecule has 9 heteroatoms. The van der Waals surface area contributed by atoms with Crippen molar-refractivity contribution in [3.63, 3.8) is 0 Å². The van der Waals surface area contributed by atoms with Gasteiger partial charge in [-0.1, -0.05) is 0 Å². The zero-order chi connectivity index (χ0) is 19.9. The highest BCUT2D eigenvalue weighted by Crippen LogP contribution is 2.31. The summed E-state index contributed by atoms with van der Waals surface area (Å²) >= 11 is 2.75. The normalized spacial score (nSPS) is 14.0. The van der Waals surface area contributed by atoms with Crippen LogP contribution in [-0.2, 0) is 14.3 Å². The fraction of sp³-hybridized carbons (Fsp3) is 0.421. The van der Waals surface area contributed by atoms with E-state index in [1.807, 2.05) is 31.2 Å². The molecule has 0 aliphatic carbocycles. The van der Waals surface area contributed by atoms with Crippen LogP contribution in [0.1, 0.15) is 4.88 Å². The number of methoxy groups -OCH3 is 1. The number of anilines is 1. The monoisotopic (exact) mass is 421 g/mol. The number of rotatable bonds is 7. The molecule has 2 aromatic rings.